The van der Waals surface area contributed by atoms with Gasteiger partial charge in [0.1, 0.15) is 0 Å². The van der Waals surface area contributed by atoms with E-state index in [-0.39, 0.29) is 12.1 Å². The van der Waals surface area contributed by atoms with E-state index in [1.54, 1.807) is 6.20 Å². The molecular formula is C14H21N3O3. The molecule has 0 saturated carbocycles. The van der Waals surface area contributed by atoms with Crippen molar-refractivity contribution in [3.05, 3.63) is 18.3 Å². The Kier molecular flexibility index (Phi) is 4.32. The highest BCUT2D eigenvalue weighted by Crippen LogP contribution is 2.22. The van der Waals surface area contributed by atoms with Crippen molar-refractivity contribution in [3.63, 3.8) is 0 Å². The summed E-state index contributed by atoms with van der Waals surface area (Å²) in [6, 6.07) is 3.81. The Bertz CT molecular complexity index is 478. The number of anilines is 1. The lowest BCUT2D eigenvalue weighted by molar-refractivity contribution is 0.122. The standard InChI is InChI=1S/C14H21N3O3/c1-10(2)20-13-8-12(4-5-15-13)16-6-7-17(14(18)19)11(3)9-16/h4-5,8,10-11H,6-7,9H2,1-3H3,(H,18,19). The molecule has 1 aromatic heterocycles. The van der Waals surface area contributed by atoms with Gasteiger partial charge in [0.25, 0.3) is 0 Å². The monoisotopic (exact) mass is 279 g/mol. The average Bonchev–Trinajstić information content (AvgIpc) is 2.37. The van der Waals surface area contributed by atoms with Crippen LogP contribution < -0.4 is 9.64 Å². The van der Waals surface area contributed by atoms with E-state index in [1.165, 1.54) is 4.90 Å². The molecule has 0 radical (unpaired) electrons. The molecule has 1 fully saturated rings. The minimum atomic E-state index is -0.851. The predicted molar refractivity (Wildman–Crippen MR) is 76.4 cm³/mol. The molecule has 110 valence electrons. The second-order valence-corrected chi connectivity index (χ2v) is 5.29. The number of amides is 1. The van der Waals surface area contributed by atoms with Gasteiger partial charge >= 0.3 is 6.09 Å². The van der Waals surface area contributed by atoms with Gasteiger partial charge in [-0.25, -0.2) is 9.78 Å². The Morgan fingerprint density at radius 1 is 1.50 bits per heavy atom. The van der Waals surface area contributed by atoms with Gasteiger partial charge in [-0.15, -0.1) is 0 Å². The summed E-state index contributed by atoms with van der Waals surface area (Å²) >= 11 is 0. The van der Waals surface area contributed by atoms with E-state index in [2.05, 4.69) is 9.88 Å². The maximum Gasteiger partial charge on any atom is 0.407 e. The molecule has 0 spiro atoms. The molecule has 1 N–H and O–H groups in total. The Balaban J connectivity index is 2.07. The largest absolute Gasteiger partial charge is 0.475 e. The number of aromatic nitrogens is 1. The molecule has 0 aliphatic carbocycles. The molecular weight excluding hydrogens is 258 g/mol. The predicted octanol–water partition coefficient (Wildman–Crippen LogP) is 2.06. The number of pyridine rings is 1. The van der Waals surface area contributed by atoms with Crippen LogP contribution in [0.2, 0.25) is 0 Å². The van der Waals surface area contributed by atoms with Crippen LogP contribution in [0.3, 0.4) is 0 Å². The van der Waals surface area contributed by atoms with Crippen LogP contribution in [0, 0.1) is 0 Å². The summed E-state index contributed by atoms with van der Waals surface area (Å²) in [6.45, 7) is 7.72. The van der Waals surface area contributed by atoms with E-state index < -0.39 is 6.09 Å². The molecule has 1 unspecified atom stereocenters. The van der Waals surface area contributed by atoms with Crippen molar-refractivity contribution in [1.82, 2.24) is 9.88 Å². The van der Waals surface area contributed by atoms with Crippen molar-refractivity contribution in [1.29, 1.82) is 0 Å². The smallest absolute Gasteiger partial charge is 0.407 e. The molecule has 1 aliphatic heterocycles. The summed E-state index contributed by atoms with van der Waals surface area (Å²) in [4.78, 5) is 18.9. The van der Waals surface area contributed by atoms with Crippen molar-refractivity contribution in [2.45, 2.75) is 32.9 Å². The van der Waals surface area contributed by atoms with Gasteiger partial charge in [0, 0.05) is 43.6 Å². The molecule has 1 aromatic rings. The van der Waals surface area contributed by atoms with Gasteiger partial charge in [-0.2, -0.15) is 0 Å². The van der Waals surface area contributed by atoms with Crippen molar-refractivity contribution in [3.8, 4) is 5.88 Å². The molecule has 2 rings (SSSR count). The first kappa shape index (κ1) is 14.4. The number of piperazine rings is 1. The van der Waals surface area contributed by atoms with Gasteiger partial charge < -0.3 is 19.6 Å². The van der Waals surface area contributed by atoms with Crippen LogP contribution in [-0.2, 0) is 0 Å². The third-order valence-corrected chi connectivity index (χ3v) is 3.31. The molecule has 20 heavy (non-hydrogen) atoms. The Morgan fingerprint density at radius 3 is 2.85 bits per heavy atom. The maximum absolute atomic E-state index is 11.1. The van der Waals surface area contributed by atoms with Gasteiger partial charge in [0.2, 0.25) is 5.88 Å². The quantitative estimate of drug-likeness (QED) is 0.917. The van der Waals surface area contributed by atoms with Crippen molar-refractivity contribution in [2.75, 3.05) is 24.5 Å². The van der Waals surface area contributed by atoms with Crippen molar-refractivity contribution < 1.29 is 14.6 Å². The van der Waals surface area contributed by atoms with Gasteiger partial charge in [0.05, 0.1) is 6.10 Å². The second-order valence-electron chi connectivity index (χ2n) is 5.29. The summed E-state index contributed by atoms with van der Waals surface area (Å²) in [5.41, 5.74) is 1.02. The molecule has 1 atom stereocenters. The second kappa shape index (κ2) is 5.98. The van der Waals surface area contributed by atoms with Crippen molar-refractivity contribution in [2.24, 2.45) is 0 Å². The summed E-state index contributed by atoms with van der Waals surface area (Å²) in [7, 11) is 0. The maximum atomic E-state index is 11.1. The van der Waals surface area contributed by atoms with Crippen molar-refractivity contribution >= 4 is 11.8 Å². The van der Waals surface area contributed by atoms with E-state index in [0.29, 0.717) is 25.5 Å². The highest BCUT2D eigenvalue weighted by molar-refractivity contribution is 5.66. The average molecular weight is 279 g/mol. The Hall–Kier alpha value is -1.98. The first-order valence-electron chi connectivity index (χ1n) is 6.84. The zero-order valence-electron chi connectivity index (χ0n) is 12.1. The Labute approximate surface area is 119 Å². The zero-order chi connectivity index (χ0) is 14.7. The van der Waals surface area contributed by atoms with E-state index in [0.717, 1.165) is 5.69 Å². The lowest BCUT2D eigenvalue weighted by atomic mass is 10.2. The third kappa shape index (κ3) is 3.31. The fourth-order valence-corrected chi connectivity index (χ4v) is 2.38. The molecule has 1 saturated heterocycles. The zero-order valence-corrected chi connectivity index (χ0v) is 12.1. The van der Waals surface area contributed by atoms with Crippen LogP contribution in [0.4, 0.5) is 10.5 Å². The molecule has 1 aliphatic rings. The van der Waals surface area contributed by atoms with Crippen LogP contribution in [0.15, 0.2) is 18.3 Å². The summed E-state index contributed by atoms with van der Waals surface area (Å²) < 4.78 is 5.59. The van der Waals surface area contributed by atoms with Crippen LogP contribution in [-0.4, -0.2) is 52.9 Å². The molecule has 0 bridgehead atoms. The van der Waals surface area contributed by atoms with E-state index in [9.17, 15) is 4.79 Å². The topological polar surface area (TPSA) is 65.9 Å². The lowest BCUT2D eigenvalue weighted by Crippen LogP contribution is -2.53. The molecule has 2 heterocycles. The van der Waals surface area contributed by atoms with Gasteiger partial charge in [-0.05, 0) is 26.8 Å². The highest BCUT2D eigenvalue weighted by Gasteiger charge is 2.27. The number of rotatable bonds is 3. The summed E-state index contributed by atoms with van der Waals surface area (Å²) in [5, 5.41) is 9.09. The molecule has 0 aromatic carbocycles. The Morgan fingerprint density at radius 2 is 2.25 bits per heavy atom. The fraction of sp³-hybridized carbons (Fsp3) is 0.571. The van der Waals surface area contributed by atoms with Gasteiger partial charge in [-0.1, -0.05) is 0 Å². The lowest BCUT2D eigenvalue weighted by Gasteiger charge is -2.39. The summed E-state index contributed by atoms with van der Waals surface area (Å²) in [5.74, 6) is 0.603. The van der Waals surface area contributed by atoms with Gasteiger partial charge in [-0.3, -0.25) is 0 Å². The number of carboxylic acid groups (broad SMARTS) is 1. The fourth-order valence-electron chi connectivity index (χ4n) is 2.38. The van der Waals surface area contributed by atoms with Crippen LogP contribution in [0.1, 0.15) is 20.8 Å². The minimum Gasteiger partial charge on any atom is -0.475 e. The molecule has 6 heteroatoms. The van der Waals surface area contributed by atoms with Crippen LogP contribution in [0.25, 0.3) is 0 Å². The van der Waals surface area contributed by atoms with Crippen LogP contribution in [0.5, 0.6) is 5.88 Å². The highest BCUT2D eigenvalue weighted by atomic mass is 16.5. The first-order valence-corrected chi connectivity index (χ1v) is 6.84. The van der Waals surface area contributed by atoms with Crippen LogP contribution >= 0.6 is 0 Å². The first-order chi connectivity index (χ1) is 9.47. The number of nitrogens with zero attached hydrogens (tertiary/aromatic N) is 3. The minimum absolute atomic E-state index is 0.0242. The number of hydrogen-bond donors (Lipinski definition) is 1. The normalized spacial score (nSPS) is 19.3. The molecule has 6 nitrogen and oxygen atoms in total. The van der Waals surface area contributed by atoms with E-state index in [4.69, 9.17) is 9.84 Å². The van der Waals surface area contributed by atoms with E-state index >= 15 is 0 Å². The van der Waals surface area contributed by atoms with E-state index in [1.807, 2.05) is 32.9 Å². The SMILES string of the molecule is CC(C)Oc1cc(N2CCN(C(=O)O)C(C)C2)ccn1. The number of hydrogen-bond acceptors (Lipinski definition) is 4. The number of ether oxygens (including phenoxy) is 1. The summed E-state index contributed by atoms with van der Waals surface area (Å²) in [6.07, 6.45) is 0.956. The van der Waals surface area contributed by atoms with Gasteiger partial charge in [0.15, 0.2) is 0 Å². The number of carbonyl (C=O) groups is 1. The third-order valence-electron chi connectivity index (χ3n) is 3.31. The molecule has 1 amide bonds.